The molecule has 108 valence electrons. The van der Waals surface area contributed by atoms with Crippen LogP contribution < -0.4 is 0 Å². The maximum absolute atomic E-state index is 4.68. The van der Waals surface area contributed by atoms with Gasteiger partial charge in [-0.2, -0.15) is 0 Å². The molecule has 0 radical (unpaired) electrons. The minimum Gasteiger partial charge on any atom is -0.291 e. The van der Waals surface area contributed by atoms with Gasteiger partial charge < -0.3 is 0 Å². The Kier molecular flexibility index (Phi) is 3.62. The lowest BCUT2D eigenvalue weighted by molar-refractivity contribution is 1.11. The van der Waals surface area contributed by atoms with Crippen LogP contribution in [0.15, 0.2) is 64.7 Å². The van der Waals surface area contributed by atoms with E-state index in [1.54, 1.807) is 29.3 Å². The Morgan fingerprint density at radius 2 is 2.00 bits per heavy atom. The van der Waals surface area contributed by atoms with Crippen molar-refractivity contribution in [3.05, 3.63) is 66.1 Å². The number of hydrogen-bond donors (Lipinski definition) is 0. The second kappa shape index (κ2) is 5.90. The summed E-state index contributed by atoms with van der Waals surface area (Å²) in [5, 5.41) is 2.10. The first-order valence-corrected chi connectivity index (χ1v) is 8.67. The molecule has 4 nitrogen and oxygen atoms in total. The van der Waals surface area contributed by atoms with Crippen LogP contribution in [0.4, 0.5) is 0 Å². The van der Waals surface area contributed by atoms with Gasteiger partial charge in [-0.1, -0.05) is 42.1 Å². The molecular weight excluding hydrogens is 312 g/mol. The van der Waals surface area contributed by atoms with Gasteiger partial charge in [-0.15, -0.1) is 11.3 Å². The highest BCUT2D eigenvalue weighted by atomic mass is 32.2. The van der Waals surface area contributed by atoms with Gasteiger partial charge in [-0.25, -0.2) is 15.0 Å². The van der Waals surface area contributed by atoms with Crippen LogP contribution in [-0.2, 0) is 5.75 Å². The molecular formula is C16H12N4S2. The van der Waals surface area contributed by atoms with Crippen molar-refractivity contribution >= 4 is 28.9 Å². The molecule has 3 aromatic heterocycles. The maximum atomic E-state index is 4.68. The number of nitrogens with zero attached hydrogens (tertiary/aromatic N) is 4. The molecule has 22 heavy (non-hydrogen) atoms. The lowest BCUT2D eigenvalue weighted by Crippen LogP contribution is -1.83. The zero-order valence-corrected chi connectivity index (χ0v) is 13.2. The van der Waals surface area contributed by atoms with Crippen molar-refractivity contribution in [1.29, 1.82) is 0 Å². The summed E-state index contributed by atoms with van der Waals surface area (Å²) in [5.41, 5.74) is 3.20. The number of fused-ring (bicyclic) bond motifs is 1. The van der Waals surface area contributed by atoms with Crippen LogP contribution in [0.25, 0.3) is 17.0 Å². The molecule has 0 aliphatic carbocycles. The van der Waals surface area contributed by atoms with Crippen LogP contribution in [0.2, 0.25) is 0 Å². The zero-order chi connectivity index (χ0) is 14.8. The van der Waals surface area contributed by atoms with Crippen LogP contribution in [0.3, 0.4) is 0 Å². The van der Waals surface area contributed by atoms with Gasteiger partial charge >= 0.3 is 0 Å². The molecule has 0 saturated heterocycles. The molecule has 6 heteroatoms. The molecule has 3 heterocycles. The van der Waals surface area contributed by atoms with Gasteiger partial charge in [0.05, 0.1) is 11.4 Å². The van der Waals surface area contributed by atoms with Crippen LogP contribution >= 0.6 is 23.1 Å². The van der Waals surface area contributed by atoms with Crippen molar-refractivity contribution in [1.82, 2.24) is 19.4 Å². The highest BCUT2D eigenvalue weighted by Gasteiger charge is 2.07. The lowest BCUT2D eigenvalue weighted by atomic mass is 10.2. The van der Waals surface area contributed by atoms with E-state index in [0.29, 0.717) is 0 Å². The molecule has 0 spiro atoms. The summed E-state index contributed by atoms with van der Waals surface area (Å²) in [7, 11) is 0. The van der Waals surface area contributed by atoms with Crippen LogP contribution in [-0.4, -0.2) is 19.4 Å². The number of rotatable bonds is 4. The van der Waals surface area contributed by atoms with Crippen molar-refractivity contribution in [2.75, 3.05) is 0 Å². The quantitative estimate of drug-likeness (QED) is 0.529. The molecule has 0 saturated carbocycles. The first-order chi connectivity index (χ1) is 10.9. The van der Waals surface area contributed by atoms with E-state index in [2.05, 4.69) is 32.5 Å². The first-order valence-electron chi connectivity index (χ1n) is 6.81. The predicted molar refractivity (Wildman–Crippen MR) is 90.1 cm³/mol. The fourth-order valence-corrected chi connectivity index (χ4v) is 3.87. The molecule has 0 unspecified atom stereocenters. The van der Waals surface area contributed by atoms with Crippen LogP contribution in [0.5, 0.6) is 0 Å². The van der Waals surface area contributed by atoms with Gasteiger partial charge in [0.25, 0.3) is 0 Å². The summed E-state index contributed by atoms with van der Waals surface area (Å²) in [6, 6.07) is 12.1. The molecule has 0 amide bonds. The monoisotopic (exact) mass is 324 g/mol. The molecule has 4 aromatic rings. The smallest absolute Gasteiger partial charge is 0.233 e. The molecule has 0 N–H and O–H groups in total. The number of imidazole rings is 1. The minimum atomic E-state index is 0.738. The van der Waals surface area contributed by atoms with Gasteiger partial charge in [0, 0.05) is 35.3 Å². The van der Waals surface area contributed by atoms with E-state index in [1.165, 1.54) is 0 Å². The lowest BCUT2D eigenvalue weighted by Gasteiger charge is -1.95. The largest absolute Gasteiger partial charge is 0.291 e. The highest BCUT2D eigenvalue weighted by molar-refractivity contribution is 8.00. The van der Waals surface area contributed by atoms with Crippen molar-refractivity contribution in [2.45, 2.75) is 10.1 Å². The standard InChI is InChI=1S/C16H12N4S2/c1-2-5-12(6-3-1)14-11-22-16(19-14)21-10-13-9-20-8-4-7-17-15(20)18-13/h1-9,11H,10H2. The first kappa shape index (κ1) is 13.5. The third kappa shape index (κ3) is 2.75. The van der Waals surface area contributed by atoms with Crippen molar-refractivity contribution in [2.24, 2.45) is 0 Å². The second-order valence-corrected chi connectivity index (χ2v) is 6.79. The van der Waals surface area contributed by atoms with E-state index >= 15 is 0 Å². The third-order valence-corrected chi connectivity index (χ3v) is 5.24. The molecule has 0 fully saturated rings. The molecule has 4 rings (SSSR count). The molecule has 0 atom stereocenters. The summed E-state index contributed by atoms with van der Waals surface area (Å²) in [4.78, 5) is 13.4. The van der Waals surface area contributed by atoms with Crippen LogP contribution in [0, 0.1) is 0 Å². The maximum Gasteiger partial charge on any atom is 0.233 e. The normalized spacial score (nSPS) is 11.1. The SMILES string of the molecule is c1ccc(-c2csc(SCc3cn4cccnc4n3)n2)cc1. The van der Waals surface area contributed by atoms with Gasteiger partial charge in [-0.3, -0.25) is 4.40 Å². The number of hydrogen-bond acceptors (Lipinski definition) is 5. The Morgan fingerprint density at radius 1 is 1.09 bits per heavy atom. The summed E-state index contributed by atoms with van der Waals surface area (Å²) >= 11 is 3.38. The third-order valence-electron chi connectivity index (χ3n) is 3.18. The zero-order valence-electron chi connectivity index (χ0n) is 11.6. The van der Waals surface area contributed by atoms with Crippen molar-refractivity contribution < 1.29 is 0 Å². The van der Waals surface area contributed by atoms with Crippen LogP contribution in [0.1, 0.15) is 5.69 Å². The Morgan fingerprint density at radius 3 is 2.86 bits per heavy atom. The van der Waals surface area contributed by atoms with Crippen molar-refractivity contribution in [3.8, 4) is 11.3 Å². The summed E-state index contributed by atoms with van der Waals surface area (Å²) in [5.74, 6) is 1.53. The highest BCUT2D eigenvalue weighted by Crippen LogP contribution is 2.29. The Balaban J connectivity index is 1.49. The van der Waals surface area contributed by atoms with Gasteiger partial charge in [0.15, 0.2) is 4.34 Å². The molecule has 1 aromatic carbocycles. The number of aromatic nitrogens is 4. The van der Waals surface area contributed by atoms with Gasteiger partial charge in [-0.05, 0) is 6.07 Å². The van der Waals surface area contributed by atoms with E-state index < -0.39 is 0 Å². The van der Waals surface area contributed by atoms with Gasteiger partial charge in [0.2, 0.25) is 5.78 Å². The molecule has 0 bridgehead atoms. The van der Waals surface area contributed by atoms with E-state index in [9.17, 15) is 0 Å². The number of thioether (sulfide) groups is 1. The fourth-order valence-electron chi connectivity index (χ4n) is 2.15. The molecule has 0 aliphatic rings. The topological polar surface area (TPSA) is 43.1 Å². The Bertz CT molecular complexity index is 866. The van der Waals surface area contributed by atoms with E-state index in [1.807, 2.05) is 41.1 Å². The second-order valence-electron chi connectivity index (χ2n) is 4.71. The summed E-state index contributed by atoms with van der Waals surface area (Å²) in [6.07, 6.45) is 5.73. The number of benzene rings is 1. The predicted octanol–water partition coefficient (Wildman–Crippen LogP) is 4.15. The average molecular weight is 324 g/mol. The number of thiazole rings is 1. The minimum absolute atomic E-state index is 0.738. The summed E-state index contributed by atoms with van der Waals surface area (Å²) in [6.45, 7) is 0. The van der Waals surface area contributed by atoms with Crippen molar-refractivity contribution in [3.63, 3.8) is 0 Å². The van der Waals surface area contributed by atoms with E-state index in [-0.39, 0.29) is 0 Å². The Labute approximate surface area is 135 Å². The fraction of sp³-hybridized carbons (Fsp3) is 0.0625. The van der Waals surface area contributed by atoms with E-state index in [0.717, 1.165) is 32.8 Å². The van der Waals surface area contributed by atoms with E-state index in [4.69, 9.17) is 0 Å². The average Bonchev–Trinajstić information content (AvgIpc) is 3.20. The van der Waals surface area contributed by atoms with Gasteiger partial charge in [0.1, 0.15) is 0 Å². The summed E-state index contributed by atoms with van der Waals surface area (Å²) < 4.78 is 3.00. The molecule has 0 aliphatic heterocycles. The Hall–Kier alpha value is -2.18.